The molecule has 0 aliphatic rings. The first kappa shape index (κ1) is 11.7. The molecule has 0 aliphatic carbocycles. The highest BCUT2D eigenvalue weighted by molar-refractivity contribution is 5.47. The maximum atomic E-state index is 9.07. The van der Waals surface area contributed by atoms with Crippen molar-refractivity contribution >= 4 is 5.69 Å². The van der Waals surface area contributed by atoms with Crippen molar-refractivity contribution in [3.63, 3.8) is 0 Å². The molecule has 0 bridgehead atoms. The van der Waals surface area contributed by atoms with Crippen LogP contribution in [0.3, 0.4) is 0 Å². The quantitative estimate of drug-likeness (QED) is 0.849. The SMILES string of the molecule is Cc1ccc(C(C)Nc2cccc(CO)c2)o1. The van der Waals surface area contributed by atoms with Crippen molar-refractivity contribution in [1.82, 2.24) is 0 Å². The largest absolute Gasteiger partial charge is 0.464 e. The Morgan fingerprint density at radius 2 is 2.12 bits per heavy atom. The summed E-state index contributed by atoms with van der Waals surface area (Å²) in [6, 6.07) is 11.8. The predicted octanol–water partition coefficient (Wildman–Crippen LogP) is 3.25. The van der Waals surface area contributed by atoms with E-state index in [2.05, 4.69) is 5.32 Å². The van der Waals surface area contributed by atoms with Crippen LogP contribution in [-0.2, 0) is 6.61 Å². The third kappa shape index (κ3) is 2.88. The molecule has 17 heavy (non-hydrogen) atoms. The molecule has 2 rings (SSSR count). The summed E-state index contributed by atoms with van der Waals surface area (Å²) in [7, 11) is 0. The molecular formula is C14H17NO2. The molecule has 2 N–H and O–H groups in total. The van der Waals surface area contributed by atoms with Gasteiger partial charge in [0.25, 0.3) is 0 Å². The van der Waals surface area contributed by atoms with Gasteiger partial charge in [-0.25, -0.2) is 0 Å². The van der Waals surface area contributed by atoms with E-state index in [4.69, 9.17) is 9.52 Å². The summed E-state index contributed by atoms with van der Waals surface area (Å²) in [5, 5.41) is 12.4. The first-order valence-corrected chi connectivity index (χ1v) is 5.71. The van der Waals surface area contributed by atoms with Gasteiger partial charge in [0.15, 0.2) is 0 Å². The van der Waals surface area contributed by atoms with Gasteiger partial charge in [-0.3, -0.25) is 0 Å². The topological polar surface area (TPSA) is 45.4 Å². The van der Waals surface area contributed by atoms with Crippen LogP contribution in [0.25, 0.3) is 0 Å². The molecule has 0 aliphatic heterocycles. The number of aliphatic hydroxyl groups excluding tert-OH is 1. The van der Waals surface area contributed by atoms with Gasteiger partial charge < -0.3 is 14.8 Å². The standard InChI is InChI=1S/C14H17NO2/c1-10-6-7-14(17-10)11(2)15-13-5-3-4-12(8-13)9-16/h3-8,11,15-16H,9H2,1-2H3. The lowest BCUT2D eigenvalue weighted by Gasteiger charge is -2.13. The van der Waals surface area contributed by atoms with Crippen molar-refractivity contribution < 1.29 is 9.52 Å². The summed E-state index contributed by atoms with van der Waals surface area (Å²) in [5.74, 6) is 1.83. The number of aryl methyl sites for hydroxylation is 1. The Kier molecular flexibility index (Phi) is 3.49. The Labute approximate surface area is 101 Å². The summed E-state index contributed by atoms with van der Waals surface area (Å²) >= 11 is 0. The second-order valence-corrected chi connectivity index (χ2v) is 4.17. The molecule has 1 aromatic heterocycles. The van der Waals surface area contributed by atoms with E-state index in [0.29, 0.717) is 0 Å². The number of rotatable bonds is 4. The van der Waals surface area contributed by atoms with Crippen LogP contribution in [-0.4, -0.2) is 5.11 Å². The van der Waals surface area contributed by atoms with Crippen LogP contribution in [0.1, 0.15) is 30.0 Å². The Bertz CT molecular complexity index is 490. The van der Waals surface area contributed by atoms with E-state index in [1.807, 2.05) is 50.2 Å². The Hall–Kier alpha value is -1.74. The van der Waals surface area contributed by atoms with Gasteiger partial charge in [0.2, 0.25) is 0 Å². The molecule has 3 heteroatoms. The van der Waals surface area contributed by atoms with E-state index in [1.165, 1.54) is 0 Å². The van der Waals surface area contributed by atoms with E-state index in [-0.39, 0.29) is 12.6 Å². The minimum absolute atomic E-state index is 0.0593. The van der Waals surface area contributed by atoms with E-state index in [1.54, 1.807) is 0 Å². The van der Waals surface area contributed by atoms with Crippen LogP contribution < -0.4 is 5.32 Å². The molecule has 1 unspecified atom stereocenters. The van der Waals surface area contributed by atoms with Crippen LogP contribution in [0.4, 0.5) is 5.69 Å². The zero-order chi connectivity index (χ0) is 12.3. The molecular weight excluding hydrogens is 214 g/mol. The highest BCUT2D eigenvalue weighted by atomic mass is 16.3. The third-order valence-electron chi connectivity index (χ3n) is 2.68. The number of anilines is 1. The van der Waals surface area contributed by atoms with E-state index < -0.39 is 0 Å². The average Bonchev–Trinajstić information content (AvgIpc) is 2.76. The van der Waals surface area contributed by atoms with Crippen molar-refractivity contribution in [2.24, 2.45) is 0 Å². The van der Waals surface area contributed by atoms with Crippen LogP contribution in [0, 0.1) is 6.92 Å². The minimum Gasteiger partial charge on any atom is -0.464 e. The van der Waals surface area contributed by atoms with Crippen molar-refractivity contribution in [3.8, 4) is 0 Å². The van der Waals surface area contributed by atoms with E-state index >= 15 is 0 Å². The molecule has 0 spiro atoms. The maximum Gasteiger partial charge on any atom is 0.126 e. The molecule has 90 valence electrons. The second-order valence-electron chi connectivity index (χ2n) is 4.17. The predicted molar refractivity (Wildman–Crippen MR) is 67.8 cm³/mol. The second kappa shape index (κ2) is 5.06. The summed E-state index contributed by atoms with van der Waals surface area (Å²) in [6.45, 7) is 4.04. The lowest BCUT2D eigenvalue weighted by Crippen LogP contribution is -2.05. The van der Waals surface area contributed by atoms with Crippen molar-refractivity contribution in [2.75, 3.05) is 5.32 Å². The van der Waals surface area contributed by atoms with Gasteiger partial charge in [-0.15, -0.1) is 0 Å². The van der Waals surface area contributed by atoms with E-state index in [0.717, 1.165) is 22.8 Å². The van der Waals surface area contributed by atoms with Gasteiger partial charge in [-0.05, 0) is 43.7 Å². The number of aliphatic hydroxyl groups is 1. The number of benzene rings is 1. The molecule has 0 saturated heterocycles. The van der Waals surface area contributed by atoms with Gasteiger partial charge in [0.1, 0.15) is 11.5 Å². The van der Waals surface area contributed by atoms with Gasteiger partial charge in [-0.2, -0.15) is 0 Å². The normalized spacial score (nSPS) is 12.4. The van der Waals surface area contributed by atoms with Crippen LogP contribution in [0.5, 0.6) is 0 Å². The zero-order valence-electron chi connectivity index (χ0n) is 10.1. The Balaban J connectivity index is 2.09. The highest BCUT2D eigenvalue weighted by Crippen LogP contribution is 2.21. The summed E-state index contributed by atoms with van der Waals surface area (Å²) in [5.41, 5.74) is 1.89. The Morgan fingerprint density at radius 3 is 2.76 bits per heavy atom. The lowest BCUT2D eigenvalue weighted by molar-refractivity contribution is 0.282. The van der Waals surface area contributed by atoms with E-state index in [9.17, 15) is 0 Å². The van der Waals surface area contributed by atoms with Crippen molar-refractivity contribution in [1.29, 1.82) is 0 Å². The molecule has 3 nitrogen and oxygen atoms in total. The summed E-state index contributed by atoms with van der Waals surface area (Å²) in [6.07, 6.45) is 0. The first-order chi connectivity index (χ1) is 8.19. The van der Waals surface area contributed by atoms with Crippen LogP contribution >= 0.6 is 0 Å². The smallest absolute Gasteiger partial charge is 0.126 e. The molecule has 2 aromatic rings. The minimum atomic E-state index is 0.0593. The highest BCUT2D eigenvalue weighted by Gasteiger charge is 2.09. The number of furan rings is 1. The fourth-order valence-electron chi connectivity index (χ4n) is 1.77. The van der Waals surface area contributed by atoms with Gasteiger partial charge >= 0.3 is 0 Å². The van der Waals surface area contributed by atoms with Crippen LogP contribution in [0.2, 0.25) is 0 Å². The van der Waals surface area contributed by atoms with Crippen molar-refractivity contribution in [2.45, 2.75) is 26.5 Å². The molecule has 1 heterocycles. The zero-order valence-corrected chi connectivity index (χ0v) is 10.1. The molecule has 0 amide bonds. The summed E-state index contributed by atoms with van der Waals surface area (Å²) in [4.78, 5) is 0. The number of nitrogens with one attached hydrogen (secondary N) is 1. The first-order valence-electron chi connectivity index (χ1n) is 5.71. The number of hydrogen-bond acceptors (Lipinski definition) is 3. The fourth-order valence-corrected chi connectivity index (χ4v) is 1.77. The molecule has 0 fully saturated rings. The van der Waals surface area contributed by atoms with Gasteiger partial charge in [0.05, 0.1) is 12.6 Å². The van der Waals surface area contributed by atoms with Crippen molar-refractivity contribution in [3.05, 3.63) is 53.5 Å². The third-order valence-corrected chi connectivity index (χ3v) is 2.68. The van der Waals surface area contributed by atoms with Crippen LogP contribution in [0.15, 0.2) is 40.8 Å². The number of hydrogen-bond donors (Lipinski definition) is 2. The lowest BCUT2D eigenvalue weighted by atomic mass is 10.2. The molecule has 0 saturated carbocycles. The van der Waals surface area contributed by atoms with Gasteiger partial charge in [0, 0.05) is 5.69 Å². The molecule has 0 radical (unpaired) electrons. The molecule has 1 atom stereocenters. The Morgan fingerprint density at radius 1 is 1.29 bits per heavy atom. The molecule has 1 aromatic carbocycles. The summed E-state index contributed by atoms with van der Waals surface area (Å²) < 4.78 is 5.56. The average molecular weight is 231 g/mol. The van der Waals surface area contributed by atoms with Gasteiger partial charge in [-0.1, -0.05) is 12.1 Å². The monoisotopic (exact) mass is 231 g/mol. The maximum absolute atomic E-state index is 9.07. The fraction of sp³-hybridized carbons (Fsp3) is 0.286.